The molecule has 1 heterocycles. The van der Waals surface area contributed by atoms with Crippen molar-refractivity contribution in [3.8, 4) is 0 Å². The van der Waals surface area contributed by atoms with Crippen LogP contribution in [0.2, 0.25) is 0 Å². The number of benzene rings is 2. The van der Waals surface area contributed by atoms with Gasteiger partial charge in [-0.2, -0.15) is 0 Å². The van der Waals surface area contributed by atoms with Crippen molar-refractivity contribution in [1.29, 1.82) is 0 Å². The van der Waals surface area contributed by atoms with E-state index in [1.165, 1.54) is 38.7 Å². The fourth-order valence-corrected chi connectivity index (χ4v) is 4.30. The molecule has 2 aromatic carbocycles. The third-order valence-electron chi connectivity index (χ3n) is 4.53. The van der Waals surface area contributed by atoms with Crippen LogP contribution >= 0.6 is 20.3 Å². The van der Waals surface area contributed by atoms with E-state index >= 15 is 0 Å². The predicted molar refractivity (Wildman–Crippen MR) is 131 cm³/mol. The van der Waals surface area contributed by atoms with Gasteiger partial charge in [-0.15, -0.1) is 11.8 Å². The molecule has 0 radical (unpaired) electrons. The molecule has 0 spiro atoms. The van der Waals surface area contributed by atoms with Crippen molar-refractivity contribution in [3.63, 3.8) is 0 Å². The molecule has 0 N–H and O–H groups in total. The van der Waals surface area contributed by atoms with Crippen molar-refractivity contribution < 1.29 is 0 Å². The van der Waals surface area contributed by atoms with Gasteiger partial charge in [-0.1, -0.05) is 93.3 Å². The quantitative estimate of drug-likeness (QED) is 0.465. The Bertz CT molecular complexity index is 985. The highest BCUT2D eigenvalue weighted by molar-refractivity contribution is 8.04. The zero-order chi connectivity index (χ0) is 19.8. The first-order chi connectivity index (χ1) is 13.7. The molecule has 0 aliphatic carbocycles. The molecule has 140 valence electrons. The summed E-state index contributed by atoms with van der Waals surface area (Å²) in [5.41, 5.74) is 7.44. The van der Waals surface area contributed by atoms with Crippen LogP contribution in [-0.2, 0) is 0 Å². The highest BCUT2D eigenvalue weighted by Crippen LogP contribution is 2.35. The average Bonchev–Trinajstić information content (AvgIpc) is 2.76. The molecule has 3 rings (SSSR count). The lowest BCUT2D eigenvalue weighted by molar-refractivity contribution is 1.44. The zero-order valence-corrected chi connectivity index (χ0v) is 18.2. The van der Waals surface area contributed by atoms with E-state index in [0.717, 1.165) is 0 Å². The lowest BCUT2D eigenvalue weighted by Crippen LogP contribution is -1.93. The summed E-state index contributed by atoms with van der Waals surface area (Å²) in [5, 5.41) is 5.58. The van der Waals surface area contributed by atoms with Crippen molar-refractivity contribution >= 4 is 32.0 Å². The maximum Gasteiger partial charge on any atom is -0.0105 e. The second kappa shape index (κ2) is 10.3. The molecule has 2 heteroatoms. The molecule has 1 unspecified atom stereocenters. The highest BCUT2D eigenvalue weighted by Gasteiger charge is 2.10. The Hall–Kier alpha value is -2.34. The molecular formula is C26H25PS. The normalized spacial score (nSPS) is 19.9. The fraction of sp³-hybridized carbons (Fsp3) is 0.0769. The smallest absolute Gasteiger partial charge is 0.0105 e. The number of hydrogen-bond donors (Lipinski definition) is 0. The van der Waals surface area contributed by atoms with E-state index in [4.69, 9.17) is 0 Å². The second-order valence-electron chi connectivity index (χ2n) is 6.45. The Balaban J connectivity index is 2.20. The van der Waals surface area contributed by atoms with Crippen molar-refractivity contribution in [2.45, 2.75) is 13.8 Å². The molecule has 0 amide bonds. The van der Waals surface area contributed by atoms with Gasteiger partial charge >= 0.3 is 0 Å². The van der Waals surface area contributed by atoms with Crippen LogP contribution in [0.5, 0.6) is 0 Å². The third-order valence-corrected chi connectivity index (χ3v) is 6.23. The molecular weight excluding hydrogens is 375 g/mol. The van der Waals surface area contributed by atoms with E-state index in [2.05, 4.69) is 110 Å². The van der Waals surface area contributed by atoms with Crippen LogP contribution in [0.3, 0.4) is 0 Å². The summed E-state index contributed by atoms with van der Waals surface area (Å²) in [5.74, 6) is 1.99. The number of aryl methyl sites for hydroxylation is 1. The molecule has 1 atom stereocenters. The number of fused-ring (bicyclic) bond motifs is 1. The maximum atomic E-state index is 3.93. The summed E-state index contributed by atoms with van der Waals surface area (Å²) < 4.78 is 0. The topological polar surface area (TPSA) is 0 Å². The maximum absolute atomic E-state index is 3.93. The summed E-state index contributed by atoms with van der Waals surface area (Å²) >= 11 is 1.69. The van der Waals surface area contributed by atoms with Gasteiger partial charge in [0.1, 0.15) is 0 Å². The number of hydrogen-bond acceptors (Lipinski definition) is 1. The van der Waals surface area contributed by atoms with Gasteiger partial charge in [-0.25, -0.2) is 0 Å². The van der Waals surface area contributed by atoms with Gasteiger partial charge in [-0.05, 0) is 70.0 Å². The minimum absolute atomic E-state index is 0.592. The average molecular weight is 401 g/mol. The molecule has 2 aromatic rings. The largest absolute Gasteiger partial charge is 0.106 e. The Labute approximate surface area is 174 Å². The van der Waals surface area contributed by atoms with Gasteiger partial charge in [-0.3, -0.25) is 0 Å². The van der Waals surface area contributed by atoms with Gasteiger partial charge in [0, 0.05) is 0 Å². The fourth-order valence-electron chi connectivity index (χ4n) is 3.11. The summed E-state index contributed by atoms with van der Waals surface area (Å²) in [6.45, 7) is 8.16. The molecule has 0 nitrogen and oxygen atoms in total. The van der Waals surface area contributed by atoms with Crippen LogP contribution in [-0.4, -0.2) is 0 Å². The first-order valence-electron chi connectivity index (χ1n) is 9.34. The zero-order valence-electron chi connectivity index (χ0n) is 16.4. The van der Waals surface area contributed by atoms with Gasteiger partial charge in [0.15, 0.2) is 0 Å². The minimum atomic E-state index is 0.592. The monoisotopic (exact) mass is 400 g/mol. The van der Waals surface area contributed by atoms with Crippen LogP contribution < -0.4 is 0 Å². The van der Waals surface area contributed by atoms with Crippen molar-refractivity contribution in [3.05, 3.63) is 129 Å². The van der Waals surface area contributed by atoms with Crippen LogP contribution in [0.4, 0.5) is 0 Å². The molecule has 0 saturated heterocycles. The van der Waals surface area contributed by atoms with Crippen molar-refractivity contribution in [1.82, 2.24) is 0 Å². The van der Waals surface area contributed by atoms with Crippen LogP contribution in [0.25, 0.3) is 11.6 Å². The Kier molecular flexibility index (Phi) is 7.48. The molecule has 0 fully saturated rings. The lowest BCUT2D eigenvalue weighted by atomic mass is 9.92. The van der Waals surface area contributed by atoms with Crippen molar-refractivity contribution in [2.75, 3.05) is 0 Å². The summed E-state index contributed by atoms with van der Waals surface area (Å²) in [6, 6.07) is 17.4. The van der Waals surface area contributed by atoms with E-state index in [1.807, 2.05) is 5.82 Å². The summed E-state index contributed by atoms with van der Waals surface area (Å²) in [7, 11) is 0.592. The molecule has 0 saturated carbocycles. The Morgan fingerprint density at radius 3 is 2.57 bits per heavy atom. The van der Waals surface area contributed by atoms with Crippen LogP contribution in [0.1, 0.15) is 29.2 Å². The summed E-state index contributed by atoms with van der Waals surface area (Å²) in [6.07, 6.45) is 11.0. The van der Waals surface area contributed by atoms with Gasteiger partial charge in [0.2, 0.25) is 0 Å². The molecule has 0 bridgehead atoms. The molecule has 0 aromatic heterocycles. The Morgan fingerprint density at radius 1 is 1.04 bits per heavy atom. The number of allylic oxidation sites excluding steroid dienone is 6. The first-order valence-corrected chi connectivity index (χ1v) is 11.4. The van der Waals surface area contributed by atoms with E-state index in [9.17, 15) is 0 Å². The molecule has 1 aliphatic heterocycles. The highest BCUT2D eigenvalue weighted by atomic mass is 32.2. The summed E-state index contributed by atoms with van der Waals surface area (Å²) in [4.78, 5) is 0. The standard InChI is InChI=1S/C26H25PS/c1-4-26(27-5-2)23-16-18-28-17-8-11-24(21-14-12-20(3)13-15-21)25-10-7-6-9-22(25)19-23/h4-19,27H,2H2,1,3H3/b17-8+,18-16?,23-19+,24-11+,26-4-. The lowest BCUT2D eigenvalue weighted by Gasteiger charge is -2.13. The predicted octanol–water partition coefficient (Wildman–Crippen LogP) is 8.31. The van der Waals surface area contributed by atoms with Crippen LogP contribution in [0, 0.1) is 6.92 Å². The third kappa shape index (κ3) is 5.13. The van der Waals surface area contributed by atoms with E-state index in [0.29, 0.717) is 8.58 Å². The van der Waals surface area contributed by atoms with E-state index in [-0.39, 0.29) is 0 Å². The molecule has 1 aliphatic rings. The van der Waals surface area contributed by atoms with E-state index in [1.54, 1.807) is 11.8 Å². The number of rotatable bonds is 4. The Morgan fingerprint density at radius 2 is 1.82 bits per heavy atom. The minimum Gasteiger partial charge on any atom is -0.106 e. The van der Waals surface area contributed by atoms with Gasteiger partial charge < -0.3 is 0 Å². The molecule has 28 heavy (non-hydrogen) atoms. The number of thioether (sulfide) groups is 1. The van der Waals surface area contributed by atoms with Gasteiger partial charge in [0.05, 0.1) is 0 Å². The van der Waals surface area contributed by atoms with Crippen LogP contribution in [0.15, 0.2) is 107 Å². The van der Waals surface area contributed by atoms with Gasteiger partial charge in [0.25, 0.3) is 0 Å². The van der Waals surface area contributed by atoms with Crippen molar-refractivity contribution in [2.24, 2.45) is 0 Å². The SMILES string of the molecule is C=CPC(=C\C)/C1=C/c2ccccc2/C(c2ccc(C)cc2)=C/C=C/SC=C1. The first kappa shape index (κ1) is 20.4. The van der Waals surface area contributed by atoms with E-state index < -0.39 is 0 Å². The second-order valence-corrected chi connectivity index (χ2v) is 8.50.